The zero-order chi connectivity index (χ0) is 19.0. The second-order valence-electron chi connectivity index (χ2n) is 6.97. The van der Waals surface area contributed by atoms with Gasteiger partial charge in [-0.1, -0.05) is 18.2 Å². The number of nitrogens with zero attached hydrogens (tertiary/aromatic N) is 2. The summed E-state index contributed by atoms with van der Waals surface area (Å²) in [6, 6.07) is 11.6. The molecule has 1 aromatic heterocycles. The number of nitrogens with one attached hydrogen (secondary N) is 1. The molecule has 2 aromatic rings. The Labute approximate surface area is 158 Å². The lowest BCUT2D eigenvalue weighted by Gasteiger charge is -2.31. The van der Waals surface area contributed by atoms with Crippen LogP contribution in [0.5, 0.6) is 5.88 Å². The number of carbonyl (C=O) groups excluding carboxylic acids is 1. The lowest BCUT2D eigenvalue weighted by Crippen LogP contribution is -2.47. The number of likely N-dealkylation sites (tertiary alicyclic amines) is 1. The maximum Gasteiger partial charge on any atom is 0.255 e. The van der Waals surface area contributed by atoms with Gasteiger partial charge in [0, 0.05) is 30.9 Å². The molecular formula is C19H21N3O4S. The van der Waals surface area contributed by atoms with Crippen LogP contribution in [0.3, 0.4) is 0 Å². The highest BCUT2D eigenvalue weighted by atomic mass is 32.2. The second kappa shape index (κ2) is 6.94. The van der Waals surface area contributed by atoms with Crippen molar-refractivity contribution >= 4 is 15.9 Å². The molecule has 1 aliphatic heterocycles. The third-order valence-electron chi connectivity index (χ3n) is 5.36. The normalized spacial score (nSPS) is 24.2. The number of aromatic nitrogens is 1. The molecule has 1 aliphatic carbocycles. The SMILES string of the molecule is COc1ccc(C(=O)N2CC3CC2CC3NS(=O)(=O)c2ccccc2)cn1. The standard InChI is InChI=1S/C19H21N3O4S/c1-26-18-8-7-13(11-20-18)19(23)22-12-14-9-15(22)10-17(14)21-27(24,25)16-5-3-2-4-6-16/h2-8,11,14-15,17,21H,9-10,12H2,1H3. The first-order chi connectivity index (χ1) is 13.0. The van der Waals surface area contributed by atoms with Crippen LogP contribution in [0, 0.1) is 5.92 Å². The van der Waals surface area contributed by atoms with E-state index < -0.39 is 10.0 Å². The lowest BCUT2D eigenvalue weighted by atomic mass is 10.0. The summed E-state index contributed by atoms with van der Waals surface area (Å²) >= 11 is 0. The molecule has 1 amide bonds. The van der Waals surface area contributed by atoms with Crippen LogP contribution < -0.4 is 9.46 Å². The Kier molecular flexibility index (Phi) is 4.61. The van der Waals surface area contributed by atoms with E-state index in [1.54, 1.807) is 42.5 Å². The van der Waals surface area contributed by atoms with Crippen molar-refractivity contribution < 1.29 is 17.9 Å². The van der Waals surface area contributed by atoms with Gasteiger partial charge in [-0.2, -0.15) is 0 Å². The molecule has 7 nitrogen and oxygen atoms in total. The predicted octanol–water partition coefficient (Wildman–Crippen LogP) is 1.67. The molecule has 8 heteroatoms. The van der Waals surface area contributed by atoms with E-state index in [4.69, 9.17) is 4.74 Å². The largest absolute Gasteiger partial charge is 0.481 e. The lowest BCUT2D eigenvalue weighted by molar-refractivity contribution is 0.0691. The fourth-order valence-corrected chi connectivity index (χ4v) is 5.35. The maximum atomic E-state index is 12.8. The van der Waals surface area contributed by atoms with Crippen molar-refractivity contribution in [2.75, 3.05) is 13.7 Å². The minimum absolute atomic E-state index is 0.0491. The quantitative estimate of drug-likeness (QED) is 0.843. The smallest absolute Gasteiger partial charge is 0.255 e. The van der Waals surface area contributed by atoms with Gasteiger partial charge in [0.1, 0.15) is 0 Å². The van der Waals surface area contributed by atoms with Gasteiger partial charge >= 0.3 is 0 Å². The van der Waals surface area contributed by atoms with Crippen LogP contribution in [-0.4, -0.2) is 49.9 Å². The summed E-state index contributed by atoms with van der Waals surface area (Å²) in [5.74, 6) is 0.524. The average Bonchev–Trinajstić information content (AvgIpc) is 3.28. The van der Waals surface area contributed by atoms with E-state index in [-0.39, 0.29) is 28.8 Å². The number of ether oxygens (including phenoxy) is 1. The van der Waals surface area contributed by atoms with Crippen LogP contribution in [0.15, 0.2) is 53.6 Å². The average molecular weight is 387 g/mol. The van der Waals surface area contributed by atoms with E-state index in [9.17, 15) is 13.2 Å². The third kappa shape index (κ3) is 3.42. The fourth-order valence-electron chi connectivity index (χ4n) is 4.01. The zero-order valence-corrected chi connectivity index (χ0v) is 15.7. The van der Waals surface area contributed by atoms with Gasteiger partial charge < -0.3 is 9.64 Å². The van der Waals surface area contributed by atoms with Crippen molar-refractivity contribution in [3.05, 3.63) is 54.2 Å². The summed E-state index contributed by atoms with van der Waals surface area (Å²) in [7, 11) is -2.01. The Morgan fingerprint density at radius 1 is 1.19 bits per heavy atom. The monoisotopic (exact) mass is 387 g/mol. The van der Waals surface area contributed by atoms with Crippen molar-refractivity contribution in [1.29, 1.82) is 0 Å². The molecule has 4 rings (SSSR count). The molecular weight excluding hydrogens is 366 g/mol. The number of piperidine rings is 1. The van der Waals surface area contributed by atoms with Crippen LogP contribution in [0.2, 0.25) is 0 Å². The highest BCUT2D eigenvalue weighted by Crippen LogP contribution is 2.39. The Hall–Kier alpha value is -2.45. The summed E-state index contributed by atoms with van der Waals surface area (Å²) in [6.45, 7) is 0.553. The van der Waals surface area contributed by atoms with Crippen LogP contribution in [0.1, 0.15) is 23.2 Å². The van der Waals surface area contributed by atoms with Gasteiger partial charge in [0.2, 0.25) is 15.9 Å². The van der Waals surface area contributed by atoms with Gasteiger partial charge in [-0.15, -0.1) is 0 Å². The number of hydrogen-bond acceptors (Lipinski definition) is 5. The van der Waals surface area contributed by atoms with E-state index in [2.05, 4.69) is 9.71 Å². The molecule has 27 heavy (non-hydrogen) atoms. The maximum absolute atomic E-state index is 12.8. The van der Waals surface area contributed by atoms with Crippen molar-refractivity contribution in [1.82, 2.24) is 14.6 Å². The van der Waals surface area contributed by atoms with E-state index in [0.29, 0.717) is 24.4 Å². The van der Waals surface area contributed by atoms with Gasteiger partial charge in [0.15, 0.2) is 0 Å². The Balaban J connectivity index is 1.42. The first kappa shape index (κ1) is 17.9. The number of benzene rings is 1. The Morgan fingerprint density at radius 3 is 2.56 bits per heavy atom. The zero-order valence-electron chi connectivity index (χ0n) is 14.9. The van der Waals surface area contributed by atoms with E-state index >= 15 is 0 Å². The number of sulfonamides is 1. The number of rotatable bonds is 5. The molecule has 2 fully saturated rings. The number of pyridine rings is 1. The van der Waals surface area contributed by atoms with Crippen LogP contribution in [-0.2, 0) is 10.0 Å². The molecule has 3 unspecified atom stereocenters. The molecule has 2 heterocycles. The van der Waals surface area contributed by atoms with Crippen LogP contribution >= 0.6 is 0 Å². The summed E-state index contributed by atoms with van der Waals surface area (Å²) < 4.78 is 32.9. The Bertz CT molecular complexity index is 931. The molecule has 3 atom stereocenters. The van der Waals surface area contributed by atoms with Gasteiger partial charge in [-0.05, 0) is 37.0 Å². The molecule has 1 aromatic carbocycles. The molecule has 2 bridgehead atoms. The molecule has 2 aliphatic rings. The topological polar surface area (TPSA) is 88.6 Å². The van der Waals surface area contributed by atoms with E-state index in [1.807, 2.05) is 4.90 Å². The number of methoxy groups -OCH3 is 1. The number of carbonyl (C=O) groups is 1. The van der Waals surface area contributed by atoms with Crippen LogP contribution in [0.4, 0.5) is 0 Å². The summed E-state index contributed by atoms with van der Waals surface area (Å²) in [5, 5.41) is 0. The molecule has 0 radical (unpaired) electrons. The minimum atomic E-state index is -3.54. The van der Waals surface area contributed by atoms with Crippen molar-refractivity contribution in [3.63, 3.8) is 0 Å². The number of amides is 1. The van der Waals surface area contributed by atoms with Gasteiger partial charge in [0.05, 0.1) is 17.6 Å². The fraction of sp³-hybridized carbons (Fsp3) is 0.368. The van der Waals surface area contributed by atoms with Gasteiger partial charge in [-0.25, -0.2) is 18.1 Å². The molecule has 1 saturated carbocycles. The van der Waals surface area contributed by atoms with Crippen LogP contribution in [0.25, 0.3) is 0 Å². The second-order valence-corrected chi connectivity index (χ2v) is 8.69. The van der Waals surface area contributed by atoms with Crippen molar-refractivity contribution in [3.8, 4) is 5.88 Å². The summed E-state index contributed by atoms with van der Waals surface area (Å²) in [4.78, 5) is 18.9. The van der Waals surface area contributed by atoms with Gasteiger partial charge in [-0.3, -0.25) is 4.79 Å². The Morgan fingerprint density at radius 2 is 1.96 bits per heavy atom. The van der Waals surface area contributed by atoms with Crippen molar-refractivity contribution in [2.45, 2.75) is 29.8 Å². The first-order valence-corrected chi connectivity index (χ1v) is 10.3. The highest BCUT2D eigenvalue weighted by molar-refractivity contribution is 7.89. The minimum Gasteiger partial charge on any atom is -0.481 e. The predicted molar refractivity (Wildman–Crippen MR) is 98.9 cm³/mol. The highest BCUT2D eigenvalue weighted by Gasteiger charge is 2.47. The number of hydrogen-bond donors (Lipinski definition) is 1. The van der Waals surface area contributed by atoms with Gasteiger partial charge in [0.25, 0.3) is 5.91 Å². The molecule has 142 valence electrons. The molecule has 0 spiro atoms. The molecule has 1 saturated heterocycles. The third-order valence-corrected chi connectivity index (χ3v) is 6.86. The summed E-state index contributed by atoms with van der Waals surface area (Å²) in [5.41, 5.74) is 0.518. The number of fused-ring (bicyclic) bond motifs is 2. The summed E-state index contributed by atoms with van der Waals surface area (Å²) in [6.07, 6.45) is 2.96. The van der Waals surface area contributed by atoms with E-state index in [1.165, 1.54) is 13.3 Å². The van der Waals surface area contributed by atoms with E-state index in [0.717, 1.165) is 6.42 Å². The first-order valence-electron chi connectivity index (χ1n) is 8.86. The van der Waals surface area contributed by atoms with Crippen molar-refractivity contribution in [2.24, 2.45) is 5.92 Å². The molecule has 1 N–H and O–H groups in total.